The first-order valence-corrected chi connectivity index (χ1v) is 9.51. The molecule has 0 radical (unpaired) electrons. The van der Waals surface area contributed by atoms with E-state index in [2.05, 4.69) is 51.3 Å². The molecule has 1 aromatic carbocycles. The maximum Gasteiger partial charge on any atom is 0.220 e. The van der Waals surface area contributed by atoms with Gasteiger partial charge >= 0.3 is 0 Å². The Balaban J connectivity index is 1.39. The van der Waals surface area contributed by atoms with Gasteiger partial charge in [-0.05, 0) is 37.7 Å². The van der Waals surface area contributed by atoms with E-state index in [1.165, 1.54) is 24.8 Å². The van der Waals surface area contributed by atoms with Crippen molar-refractivity contribution in [3.63, 3.8) is 0 Å². The standard InChI is InChI=1S/C20H30N4O/c1-21-19(22-14-5-9-18(25)24-17-10-11-17)23-15-20(12-6-13-20)16-7-3-2-4-8-16/h2-4,7-8,17H,5-6,9-15H2,1H3,(H,24,25)(H2,21,22,23). The summed E-state index contributed by atoms with van der Waals surface area (Å²) < 4.78 is 0. The molecule has 0 aliphatic heterocycles. The van der Waals surface area contributed by atoms with Crippen LogP contribution in [0.25, 0.3) is 0 Å². The number of hydrogen-bond donors (Lipinski definition) is 3. The van der Waals surface area contributed by atoms with Gasteiger partial charge in [0.05, 0.1) is 0 Å². The second-order valence-corrected chi connectivity index (χ2v) is 7.30. The van der Waals surface area contributed by atoms with Gasteiger partial charge < -0.3 is 16.0 Å². The van der Waals surface area contributed by atoms with Crippen LogP contribution in [0.4, 0.5) is 0 Å². The Kier molecular flexibility index (Phi) is 5.95. The van der Waals surface area contributed by atoms with Crippen molar-refractivity contribution >= 4 is 11.9 Å². The molecule has 3 N–H and O–H groups in total. The van der Waals surface area contributed by atoms with Gasteiger partial charge in [0.25, 0.3) is 0 Å². The lowest BCUT2D eigenvalue weighted by Gasteiger charge is -2.43. The SMILES string of the molecule is CN=C(NCCCC(=O)NC1CC1)NCC1(c2ccccc2)CCC1. The Hall–Kier alpha value is -2.04. The highest BCUT2D eigenvalue weighted by Crippen LogP contribution is 2.43. The number of nitrogens with one attached hydrogen (secondary N) is 3. The molecule has 2 aliphatic carbocycles. The molecule has 1 aromatic rings. The third-order valence-corrected chi connectivity index (χ3v) is 5.33. The minimum atomic E-state index is 0.171. The van der Waals surface area contributed by atoms with Crippen LogP contribution in [0.1, 0.15) is 50.5 Å². The summed E-state index contributed by atoms with van der Waals surface area (Å²) >= 11 is 0. The summed E-state index contributed by atoms with van der Waals surface area (Å²) in [6, 6.07) is 11.2. The number of carbonyl (C=O) groups is 1. The van der Waals surface area contributed by atoms with Crippen molar-refractivity contribution in [2.75, 3.05) is 20.1 Å². The molecule has 0 unspecified atom stereocenters. The average molecular weight is 342 g/mol. The van der Waals surface area contributed by atoms with Gasteiger partial charge in [-0.15, -0.1) is 0 Å². The highest BCUT2D eigenvalue weighted by Gasteiger charge is 2.38. The maximum absolute atomic E-state index is 11.7. The first-order chi connectivity index (χ1) is 12.2. The molecule has 0 spiro atoms. The van der Waals surface area contributed by atoms with Crippen LogP contribution >= 0.6 is 0 Å². The molecule has 0 heterocycles. The van der Waals surface area contributed by atoms with Crippen molar-refractivity contribution in [2.24, 2.45) is 4.99 Å². The van der Waals surface area contributed by atoms with E-state index in [1.54, 1.807) is 7.05 Å². The van der Waals surface area contributed by atoms with Crippen LogP contribution < -0.4 is 16.0 Å². The van der Waals surface area contributed by atoms with Gasteiger partial charge in [0.2, 0.25) is 5.91 Å². The summed E-state index contributed by atoms with van der Waals surface area (Å²) in [5.74, 6) is 0.995. The highest BCUT2D eigenvalue weighted by molar-refractivity contribution is 5.80. The fraction of sp³-hybridized carbons (Fsp3) is 0.600. The summed E-state index contributed by atoms with van der Waals surface area (Å²) in [7, 11) is 1.80. The second-order valence-electron chi connectivity index (χ2n) is 7.30. The van der Waals surface area contributed by atoms with E-state index in [-0.39, 0.29) is 11.3 Å². The van der Waals surface area contributed by atoms with Crippen LogP contribution in [0.15, 0.2) is 35.3 Å². The van der Waals surface area contributed by atoms with Gasteiger partial charge in [0, 0.05) is 38.0 Å². The average Bonchev–Trinajstić information content (AvgIpc) is 3.40. The number of benzene rings is 1. The van der Waals surface area contributed by atoms with E-state index in [4.69, 9.17) is 0 Å². The molecule has 2 saturated carbocycles. The number of carbonyl (C=O) groups excluding carboxylic acids is 1. The number of hydrogen-bond acceptors (Lipinski definition) is 2. The van der Waals surface area contributed by atoms with Crippen LogP contribution in [-0.4, -0.2) is 38.0 Å². The zero-order chi connectivity index (χ0) is 17.5. The molecule has 25 heavy (non-hydrogen) atoms. The van der Waals surface area contributed by atoms with E-state index in [0.717, 1.165) is 38.3 Å². The normalized spacial score (nSPS) is 19.0. The van der Waals surface area contributed by atoms with Crippen LogP contribution in [0, 0.1) is 0 Å². The quantitative estimate of drug-likeness (QED) is 0.386. The van der Waals surface area contributed by atoms with Crippen LogP contribution in [-0.2, 0) is 10.2 Å². The lowest BCUT2D eigenvalue weighted by Crippen LogP contribution is -2.49. The molecule has 2 aliphatic rings. The molecule has 2 fully saturated rings. The molecule has 0 bridgehead atoms. The Morgan fingerprint density at radius 1 is 1.20 bits per heavy atom. The van der Waals surface area contributed by atoms with E-state index in [0.29, 0.717) is 12.5 Å². The molecular weight excluding hydrogens is 312 g/mol. The topological polar surface area (TPSA) is 65.5 Å². The molecule has 136 valence electrons. The smallest absolute Gasteiger partial charge is 0.220 e. The van der Waals surface area contributed by atoms with Crippen molar-refractivity contribution in [1.82, 2.24) is 16.0 Å². The third kappa shape index (κ3) is 4.97. The molecular formula is C20H30N4O. The van der Waals surface area contributed by atoms with E-state index >= 15 is 0 Å². The monoisotopic (exact) mass is 342 g/mol. The highest BCUT2D eigenvalue weighted by atomic mass is 16.1. The summed E-state index contributed by atoms with van der Waals surface area (Å²) in [6.07, 6.45) is 7.42. The fourth-order valence-electron chi connectivity index (χ4n) is 3.42. The Bertz CT molecular complexity index is 591. The largest absolute Gasteiger partial charge is 0.356 e. The first kappa shape index (κ1) is 17.8. The van der Waals surface area contributed by atoms with E-state index < -0.39 is 0 Å². The molecule has 0 aromatic heterocycles. The predicted molar refractivity (Wildman–Crippen MR) is 102 cm³/mol. The number of amides is 1. The summed E-state index contributed by atoms with van der Waals surface area (Å²) in [5.41, 5.74) is 1.66. The zero-order valence-electron chi connectivity index (χ0n) is 15.2. The fourth-order valence-corrected chi connectivity index (χ4v) is 3.42. The van der Waals surface area contributed by atoms with Gasteiger partial charge in [0.15, 0.2) is 5.96 Å². The number of aliphatic imine (C=N–C) groups is 1. The van der Waals surface area contributed by atoms with Gasteiger partial charge in [-0.3, -0.25) is 9.79 Å². The van der Waals surface area contributed by atoms with Gasteiger partial charge in [-0.2, -0.15) is 0 Å². The number of guanidine groups is 1. The predicted octanol–water partition coefficient (Wildman–Crippen LogP) is 2.33. The van der Waals surface area contributed by atoms with Crippen LogP contribution in [0.3, 0.4) is 0 Å². The molecule has 3 rings (SSSR count). The summed E-state index contributed by atoms with van der Waals surface area (Å²) in [6.45, 7) is 1.66. The van der Waals surface area contributed by atoms with Crippen molar-refractivity contribution in [1.29, 1.82) is 0 Å². The van der Waals surface area contributed by atoms with Gasteiger partial charge in [-0.25, -0.2) is 0 Å². The lowest BCUT2D eigenvalue weighted by atomic mass is 9.64. The maximum atomic E-state index is 11.7. The summed E-state index contributed by atoms with van der Waals surface area (Å²) in [5, 5.41) is 9.83. The molecule has 1 amide bonds. The van der Waals surface area contributed by atoms with E-state index in [1.807, 2.05) is 0 Å². The van der Waals surface area contributed by atoms with Gasteiger partial charge in [0.1, 0.15) is 0 Å². The van der Waals surface area contributed by atoms with E-state index in [9.17, 15) is 4.79 Å². The summed E-state index contributed by atoms with van der Waals surface area (Å²) in [4.78, 5) is 16.0. The molecule has 5 nitrogen and oxygen atoms in total. The van der Waals surface area contributed by atoms with Crippen molar-refractivity contribution in [3.05, 3.63) is 35.9 Å². The Morgan fingerprint density at radius 2 is 1.96 bits per heavy atom. The number of nitrogens with zero attached hydrogens (tertiary/aromatic N) is 1. The third-order valence-electron chi connectivity index (χ3n) is 5.33. The van der Waals surface area contributed by atoms with Crippen LogP contribution in [0.5, 0.6) is 0 Å². The zero-order valence-corrected chi connectivity index (χ0v) is 15.2. The Labute approximate surface area is 150 Å². The lowest BCUT2D eigenvalue weighted by molar-refractivity contribution is -0.121. The minimum absolute atomic E-state index is 0.171. The molecule has 5 heteroatoms. The first-order valence-electron chi connectivity index (χ1n) is 9.51. The Morgan fingerprint density at radius 3 is 2.56 bits per heavy atom. The molecule has 0 atom stereocenters. The molecule has 0 saturated heterocycles. The van der Waals surface area contributed by atoms with Crippen LogP contribution in [0.2, 0.25) is 0 Å². The van der Waals surface area contributed by atoms with Crippen molar-refractivity contribution in [2.45, 2.75) is 56.4 Å². The van der Waals surface area contributed by atoms with Crippen molar-refractivity contribution < 1.29 is 4.79 Å². The van der Waals surface area contributed by atoms with Crippen molar-refractivity contribution in [3.8, 4) is 0 Å². The van der Waals surface area contributed by atoms with Gasteiger partial charge in [-0.1, -0.05) is 36.8 Å². The minimum Gasteiger partial charge on any atom is -0.356 e. The second kappa shape index (κ2) is 8.37. The number of rotatable bonds is 8.